The first-order chi connectivity index (χ1) is 10.9. The second kappa shape index (κ2) is 6.75. The standard InChI is InChI=1S/C12H9ClF5NO5/c1-3-24-6-4(9(20)21)8(12(16,17)18)19-7(11(13,14)15)5(6)10(22)23-2/h3H2,1-2H3,(H,20,21). The molecule has 1 N–H and O–H groups in total. The van der Waals surface area contributed by atoms with Crippen molar-refractivity contribution in [2.45, 2.75) is 18.5 Å². The van der Waals surface area contributed by atoms with Crippen molar-refractivity contribution in [3.8, 4) is 5.75 Å². The Kier molecular flexibility index (Phi) is 5.59. The van der Waals surface area contributed by atoms with Crippen molar-refractivity contribution in [2.75, 3.05) is 13.7 Å². The molecule has 0 aliphatic carbocycles. The fourth-order valence-corrected chi connectivity index (χ4v) is 1.89. The smallest absolute Gasteiger partial charge is 0.434 e. The zero-order valence-corrected chi connectivity index (χ0v) is 12.8. The van der Waals surface area contributed by atoms with E-state index >= 15 is 0 Å². The minimum atomic E-state index is -5.43. The van der Waals surface area contributed by atoms with Gasteiger partial charge in [-0.05, 0) is 18.5 Å². The number of carboxylic acids is 1. The molecule has 0 aromatic carbocycles. The summed E-state index contributed by atoms with van der Waals surface area (Å²) in [5.41, 5.74) is -6.91. The zero-order valence-electron chi connectivity index (χ0n) is 12.0. The fourth-order valence-electron chi connectivity index (χ4n) is 1.75. The summed E-state index contributed by atoms with van der Waals surface area (Å²) in [6.45, 7) is 0.803. The van der Waals surface area contributed by atoms with Crippen LogP contribution < -0.4 is 4.74 Å². The lowest BCUT2D eigenvalue weighted by atomic mass is 10.0. The topological polar surface area (TPSA) is 85.7 Å². The molecular weight excluding hydrogens is 369 g/mol. The highest BCUT2D eigenvalue weighted by atomic mass is 35.5. The number of rotatable bonds is 5. The minimum Gasteiger partial charge on any atom is -0.492 e. The maximum Gasteiger partial charge on any atom is 0.434 e. The Morgan fingerprint density at radius 3 is 2.04 bits per heavy atom. The Morgan fingerprint density at radius 2 is 1.71 bits per heavy atom. The van der Waals surface area contributed by atoms with E-state index in [9.17, 15) is 31.5 Å². The van der Waals surface area contributed by atoms with E-state index in [0.717, 1.165) is 7.11 Å². The van der Waals surface area contributed by atoms with Crippen LogP contribution in [0.3, 0.4) is 0 Å². The monoisotopic (exact) mass is 377 g/mol. The van der Waals surface area contributed by atoms with E-state index in [0.29, 0.717) is 0 Å². The Balaban J connectivity index is 4.09. The van der Waals surface area contributed by atoms with Gasteiger partial charge >= 0.3 is 23.5 Å². The number of hydrogen-bond donors (Lipinski definition) is 1. The maximum atomic E-state index is 13.5. The van der Waals surface area contributed by atoms with Crippen LogP contribution in [0.2, 0.25) is 0 Å². The summed E-state index contributed by atoms with van der Waals surface area (Å²) in [7, 11) is 0.742. The number of aromatic carboxylic acids is 1. The van der Waals surface area contributed by atoms with Gasteiger partial charge in [0.2, 0.25) is 0 Å². The summed E-state index contributed by atoms with van der Waals surface area (Å²) in [6, 6.07) is 0. The summed E-state index contributed by atoms with van der Waals surface area (Å²) < 4.78 is 74.9. The molecule has 0 bridgehead atoms. The SMILES string of the molecule is CCOc1c(C(=O)O)c(C(F)(F)F)nc(C(F)(F)Cl)c1C(=O)OC. The van der Waals surface area contributed by atoms with Gasteiger partial charge in [0.15, 0.2) is 11.4 Å². The maximum absolute atomic E-state index is 13.5. The number of carboxylic acid groups (broad SMARTS) is 1. The molecule has 0 aliphatic rings. The number of esters is 1. The third-order valence-corrected chi connectivity index (χ3v) is 2.76. The highest BCUT2D eigenvalue weighted by molar-refractivity contribution is 6.22. The van der Waals surface area contributed by atoms with Crippen LogP contribution in [-0.4, -0.2) is 35.7 Å². The lowest BCUT2D eigenvalue weighted by Gasteiger charge is -2.20. The molecule has 0 fully saturated rings. The molecule has 1 aromatic rings. The fraction of sp³-hybridized carbons (Fsp3) is 0.417. The third kappa shape index (κ3) is 3.83. The molecular formula is C12H9ClF5NO5. The largest absolute Gasteiger partial charge is 0.492 e. The van der Waals surface area contributed by atoms with Gasteiger partial charge in [0, 0.05) is 0 Å². The number of methoxy groups -OCH3 is 1. The first-order valence-corrected chi connectivity index (χ1v) is 6.40. The number of halogens is 6. The van der Waals surface area contributed by atoms with Gasteiger partial charge in [-0.25, -0.2) is 14.6 Å². The first-order valence-electron chi connectivity index (χ1n) is 6.03. The lowest BCUT2D eigenvalue weighted by molar-refractivity contribution is -0.142. The van der Waals surface area contributed by atoms with Crippen molar-refractivity contribution in [2.24, 2.45) is 0 Å². The molecule has 0 saturated heterocycles. The molecule has 0 saturated carbocycles. The lowest BCUT2D eigenvalue weighted by Crippen LogP contribution is -2.25. The van der Waals surface area contributed by atoms with Gasteiger partial charge in [-0.2, -0.15) is 22.0 Å². The van der Waals surface area contributed by atoms with Crippen molar-refractivity contribution < 1.29 is 46.1 Å². The van der Waals surface area contributed by atoms with Gasteiger partial charge in [-0.1, -0.05) is 0 Å². The van der Waals surface area contributed by atoms with E-state index < -0.39 is 58.4 Å². The molecule has 134 valence electrons. The van der Waals surface area contributed by atoms with Crippen LogP contribution in [0.1, 0.15) is 39.0 Å². The van der Waals surface area contributed by atoms with Gasteiger partial charge in [0.05, 0.1) is 13.7 Å². The number of alkyl halides is 6. The van der Waals surface area contributed by atoms with E-state index in [2.05, 4.69) is 9.72 Å². The van der Waals surface area contributed by atoms with Crippen molar-refractivity contribution >= 4 is 23.5 Å². The van der Waals surface area contributed by atoms with Crippen LogP contribution in [-0.2, 0) is 16.3 Å². The van der Waals surface area contributed by atoms with Crippen LogP contribution in [0.15, 0.2) is 0 Å². The molecule has 1 aromatic heterocycles. The molecule has 1 heterocycles. The van der Waals surface area contributed by atoms with Crippen LogP contribution in [0, 0.1) is 0 Å². The number of pyridine rings is 1. The molecule has 0 atom stereocenters. The number of hydrogen-bond acceptors (Lipinski definition) is 5. The van der Waals surface area contributed by atoms with Crippen LogP contribution >= 0.6 is 11.6 Å². The molecule has 0 amide bonds. The number of carbonyl (C=O) groups is 2. The Morgan fingerprint density at radius 1 is 1.17 bits per heavy atom. The predicted octanol–water partition coefficient (Wildman–Crippen LogP) is 3.27. The summed E-state index contributed by atoms with van der Waals surface area (Å²) in [4.78, 5) is 25.5. The van der Waals surface area contributed by atoms with Gasteiger partial charge < -0.3 is 14.6 Å². The summed E-state index contributed by atoms with van der Waals surface area (Å²) >= 11 is 4.72. The van der Waals surface area contributed by atoms with Crippen molar-refractivity contribution in [3.63, 3.8) is 0 Å². The zero-order chi connectivity index (χ0) is 18.9. The van der Waals surface area contributed by atoms with Crippen molar-refractivity contribution in [1.29, 1.82) is 0 Å². The Bertz CT molecular complexity index is 671. The number of aromatic nitrogens is 1. The third-order valence-electron chi connectivity index (χ3n) is 2.58. The molecule has 6 nitrogen and oxygen atoms in total. The highest BCUT2D eigenvalue weighted by Crippen LogP contribution is 2.43. The number of carbonyl (C=O) groups excluding carboxylic acids is 1. The van der Waals surface area contributed by atoms with Crippen LogP contribution in [0.5, 0.6) is 5.75 Å². The highest BCUT2D eigenvalue weighted by Gasteiger charge is 2.47. The van der Waals surface area contributed by atoms with Gasteiger partial charge in [-0.15, -0.1) is 0 Å². The predicted molar refractivity (Wildman–Crippen MR) is 68.5 cm³/mol. The van der Waals surface area contributed by atoms with Gasteiger partial charge in [0.25, 0.3) is 0 Å². The normalized spacial score (nSPS) is 12.0. The molecule has 12 heteroatoms. The van der Waals surface area contributed by atoms with Gasteiger partial charge in [-0.3, -0.25) is 0 Å². The average Bonchev–Trinajstić information content (AvgIpc) is 2.43. The van der Waals surface area contributed by atoms with E-state index in [1.165, 1.54) is 6.92 Å². The molecule has 1 rings (SSSR count). The first kappa shape index (κ1) is 19.9. The second-order valence-electron chi connectivity index (χ2n) is 4.11. The summed E-state index contributed by atoms with van der Waals surface area (Å²) in [6.07, 6.45) is -5.43. The average molecular weight is 378 g/mol. The molecule has 0 aliphatic heterocycles. The summed E-state index contributed by atoms with van der Waals surface area (Å²) in [5, 5.41) is 4.50. The van der Waals surface area contributed by atoms with E-state index in [1.54, 1.807) is 0 Å². The second-order valence-corrected chi connectivity index (χ2v) is 4.59. The Labute approximate surface area is 136 Å². The number of nitrogens with zero attached hydrogens (tertiary/aromatic N) is 1. The van der Waals surface area contributed by atoms with E-state index in [-0.39, 0.29) is 0 Å². The molecule has 0 spiro atoms. The van der Waals surface area contributed by atoms with Crippen molar-refractivity contribution in [3.05, 3.63) is 22.5 Å². The van der Waals surface area contributed by atoms with Crippen LogP contribution in [0.4, 0.5) is 22.0 Å². The summed E-state index contributed by atoms with van der Waals surface area (Å²) in [5.74, 6) is -5.03. The van der Waals surface area contributed by atoms with E-state index in [1.807, 2.05) is 0 Å². The molecule has 0 radical (unpaired) electrons. The number of ether oxygens (including phenoxy) is 2. The van der Waals surface area contributed by atoms with Gasteiger partial charge in [0.1, 0.15) is 16.8 Å². The Hall–Kier alpha value is -2.17. The van der Waals surface area contributed by atoms with Crippen LogP contribution in [0.25, 0.3) is 0 Å². The molecule has 0 unspecified atom stereocenters. The quantitative estimate of drug-likeness (QED) is 0.481. The van der Waals surface area contributed by atoms with Crippen molar-refractivity contribution in [1.82, 2.24) is 4.98 Å². The van der Waals surface area contributed by atoms with E-state index in [4.69, 9.17) is 21.4 Å². The molecule has 24 heavy (non-hydrogen) atoms. The minimum absolute atomic E-state index is 0.432.